The molecular formula is C92H150N4O16S4. The molecule has 116 heavy (non-hydrogen) atoms. The predicted molar refractivity (Wildman–Crippen MR) is 462 cm³/mol. The van der Waals surface area contributed by atoms with Crippen LogP contribution in [0.2, 0.25) is 0 Å². The molecule has 2 N–H and O–H groups in total. The van der Waals surface area contributed by atoms with E-state index in [1.807, 2.05) is 48.5 Å². The monoisotopic (exact) mass is 1690 g/mol. The number of aryl methyl sites for hydroxylation is 4. The van der Waals surface area contributed by atoms with E-state index in [1.165, 1.54) is 210 Å². The third-order valence-electron chi connectivity index (χ3n) is 24.4. The number of nitrogens with zero attached hydrogens (tertiary/aromatic N) is 4. The minimum atomic E-state index is -4.35. The van der Waals surface area contributed by atoms with Gasteiger partial charge < -0.3 is 10.2 Å². The first kappa shape index (κ1) is 97.6. The highest BCUT2D eigenvalue weighted by atomic mass is 32.2. The molecule has 4 aliphatic rings. The van der Waals surface area contributed by atoms with E-state index in [2.05, 4.69) is 27.7 Å². The Morgan fingerprint density at radius 2 is 0.431 bits per heavy atom. The van der Waals surface area contributed by atoms with Crippen molar-refractivity contribution >= 4 is 40.1 Å². The average Bonchev–Trinajstić information content (AvgIpc) is 1.58. The van der Waals surface area contributed by atoms with Gasteiger partial charge in [-0.2, -0.15) is 36.8 Å². The zero-order chi connectivity index (χ0) is 82.7. The van der Waals surface area contributed by atoms with E-state index in [9.17, 15) is 27.0 Å². The molecule has 4 aromatic carbocycles. The molecule has 0 aromatic heterocycles. The zero-order valence-corrected chi connectivity index (χ0v) is 74.8. The maximum Gasteiger partial charge on any atom is 0.243 e. The lowest BCUT2D eigenvalue weighted by atomic mass is 10.0. The fourth-order valence-electron chi connectivity index (χ4n) is 17.2. The summed E-state index contributed by atoms with van der Waals surface area (Å²) >= 11 is 0. The zero-order valence-electron chi connectivity index (χ0n) is 71.5. The third kappa shape index (κ3) is 31.8. The Balaban J connectivity index is 1.01. The summed E-state index contributed by atoms with van der Waals surface area (Å²) in [5.74, 6) is 0. The van der Waals surface area contributed by atoms with Crippen LogP contribution in [0.4, 0.5) is 0 Å². The smallest absolute Gasteiger partial charge is 0.243 e. The lowest BCUT2D eigenvalue weighted by Crippen LogP contribution is -2.50. The van der Waals surface area contributed by atoms with Crippen LogP contribution >= 0.6 is 0 Å². The lowest BCUT2D eigenvalue weighted by molar-refractivity contribution is -0.548. The molecule has 8 atom stereocenters. The molecule has 0 saturated carbocycles. The molecule has 8 rings (SSSR count). The summed E-state index contributed by atoms with van der Waals surface area (Å²) < 4.78 is 124. The molecule has 0 radical (unpaired) electrons. The average molecular weight is 1700 g/mol. The van der Waals surface area contributed by atoms with Gasteiger partial charge in [-0.1, -0.05) is 307 Å². The topological polar surface area (TPSA) is 245 Å². The van der Waals surface area contributed by atoms with E-state index in [0.717, 1.165) is 112 Å². The van der Waals surface area contributed by atoms with Crippen molar-refractivity contribution in [3.8, 4) is 0 Å². The molecule has 0 amide bonds. The summed E-state index contributed by atoms with van der Waals surface area (Å²) in [5.41, 5.74) is 4.06. The summed E-state index contributed by atoms with van der Waals surface area (Å²) in [6.45, 7) is 9.05. The van der Waals surface area contributed by atoms with Crippen LogP contribution in [0.25, 0.3) is 0 Å². The number of sulfonamides is 4. The van der Waals surface area contributed by atoms with E-state index in [0.29, 0.717) is 25.7 Å². The summed E-state index contributed by atoms with van der Waals surface area (Å²) in [6, 6.07) is 22.6. The molecule has 24 heteroatoms. The van der Waals surface area contributed by atoms with E-state index in [1.54, 1.807) is 48.5 Å². The van der Waals surface area contributed by atoms with Crippen LogP contribution in [0.3, 0.4) is 0 Å². The number of aliphatic hydroxyl groups is 2. The second kappa shape index (κ2) is 54.0. The van der Waals surface area contributed by atoms with Gasteiger partial charge in [0, 0.05) is 26.2 Å². The van der Waals surface area contributed by atoms with E-state index >= 15 is 16.8 Å². The molecule has 4 aliphatic heterocycles. The number of rotatable bonds is 65. The number of unbranched alkanes of at least 4 members (excludes halogenated alkanes) is 36. The Bertz CT molecular complexity index is 3520. The van der Waals surface area contributed by atoms with E-state index < -0.39 is 89.4 Å². The second-order valence-electron chi connectivity index (χ2n) is 33.7. The van der Waals surface area contributed by atoms with Crippen molar-refractivity contribution < 1.29 is 73.2 Å². The fourth-order valence-corrected chi connectivity index (χ4v) is 24.0. The van der Waals surface area contributed by atoms with Crippen LogP contribution in [-0.2, 0) is 95.1 Å². The minimum absolute atomic E-state index is 0.00190. The maximum atomic E-state index is 15.1. The second-order valence-corrected chi connectivity index (χ2v) is 41.3. The molecular weight excluding hydrogens is 1550 g/mol. The summed E-state index contributed by atoms with van der Waals surface area (Å²) in [5, 5.41) is 24.2. The van der Waals surface area contributed by atoms with Crippen molar-refractivity contribution in [3.05, 3.63) is 119 Å². The molecule has 0 spiro atoms. The van der Waals surface area contributed by atoms with Gasteiger partial charge >= 0.3 is 0 Å². The van der Waals surface area contributed by atoms with Crippen molar-refractivity contribution in [1.29, 1.82) is 0 Å². The van der Waals surface area contributed by atoms with Crippen molar-refractivity contribution in [2.45, 2.75) is 430 Å². The first-order valence-electron chi connectivity index (χ1n) is 46.1. The highest BCUT2D eigenvalue weighted by molar-refractivity contribution is 7.90. The molecule has 20 nitrogen and oxygen atoms in total. The number of hydrogen-bond donors (Lipinski definition) is 2. The predicted octanol–water partition coefficient (Wildman–Crippen LogP) is 21.4. The highest BCUT2D eigenvalue weighted by Gasteiger charge is 2.49. The molecule has 4 aromatic rings. The van der Waals surface area contributed by atoms with Gasteiger partial charge in [0.1, 0.15) is 0 Å². The lowest BCUT2D eigenvalue weighted by Gasteiger charge is -2.34. The number of aliphatic hydroxyl groups excluding tert-OH is 2. The van der Waals surface area contributed by atoms with Crippen LogP contribution in [-0.4, -0.2) is 137 Å². The van der Waals surface area contributed by atoms with Crippen LogP contribution in [0.5, 0.6) is 0 Å². The van der Waals surface area contributed by atoms with E-state index in [4.69, 9.17) is 29.3 Å². The van der Waals surface area contributed by atoms with E-state index in [-0.39, 0.29) is 71.4 Å². The van der Waals surface area contributed by atoms with Gasteiger partial charge in [-0.05, 0) is 174 Å². The van der Waals surface area contributed by atoms with Gasteiger partial charge in [-0.25, -0.2) is 43.4 Å². The SMILES string of the molecule is CCCCCCCCCCCCc1ccc(S(=O)(=O)N2CCC[C@H]2C(O)OOC(OOC(OOC(O)[C@@H]2CCCN2S(=O)(=O)c2ccc(CCCCCCCCCCCC)cc2)[C@@H]2CCCN2S(=O)(=O)c2ccc(CCCCCCCCCCCC)cc2)[C@@H]2CCCN2S(=O)(=O)c2ccc(CCCCCCCCCCCC)cc2)cc1. The maximum absolute atomic E-state index is 15.1. The van der Waals surface area contributed by atoms with Gasteiger partial charge in [0.2, 0.25) is 65.3 Å². The van der Waals surface area contributed by atoms with Crippen LogP contribution in [0.1, 0.15) is 358 Å². The fraction of sp³-hybridized carbons (Fsp3) is 0.739. The van der Waals surface area contributed by atoms with Crippen molar-refractivity contribution in [3.63, 3.8) is 0 Å². The Kier molecular flexibility index (Phi) is 45.4. The van der Waals surface area contributed by atoms with Gasteiger partial charge in [-0.15, -0.1) is 0 Å². The molecule has 658 valence electrons. The van der Waals surface area contributed by atoms with Crippen molar-refractivity contribution in [1.82, 2.24) is 17.2 Å². The van der Waals surface area contributed by atoms with Crippen molar-refractivity contribution in [2.24, 2.45) is 0 Å². The molecule has 0 aliphatic carbocycles. The largest absolute Gasteiger partial charge is 0.364 e. The van der Waals surface area contributed by atoms with Crippen LogP contribution in [0, 0.1) is 0 Å². The van der Waals surface area contributed by atoms with Gasteiger partial charge in [0.25, 0.3) is 0 Å². The number of benzene rings is 4. The van der Waals surface area contributed by atoms with Crippen LogP contribution in [0.15, 0.2) is 117 Å². The quantitative estimate of drug-likeness (QED) is 0.0181. The molecule has 4 unspecified atom stereocenters. The van der Waals surface area contributed by atoms with Crippen LogP contribution < -0.4 is 0 Å². The third-order valence-corrected chi connectivity index (χ3v) is 32.2. The summed E-state index contributed by atoms with van der Waals surface area (Å²) in [7, 11) is -17.1. The molecule has 4 heterocycles. The highest BCUT2D eigenvalue weighted by Crippen LogP contribution is 2.37. The minimum Gasteiger partial charge on any atom is -0.364 e. The molecule has 4 fully saturated rings. The van der Waals surface area contributed by atoms with Crippen molar-refractivity contribution in [2.75, 3.05) is 26.2 Å². The standard InChI is InChI=1S/C92H150N4O16S4/c1-5-9-13-17-21-25-29-33-37-41-49-77-57-65-81(66-58-77)113(99,100)93-73-45-53-85(93)89(97)107-109-91(87-55-47-75-95(87)115(103,104)83-69-61-79(62-70-83)51-43-39-35-31-27-23-19-15-11-7-3)111-112-92(88-56-48-76-96(88)116(105,106)84-71-63-80(64-72-84)52-44-40-36-32-28-24-20-16-12-8-4)110-108-90(98)86-54-46-74-94(86)114(101,102)82-67-59-78(60-68-82)50-42-38-34-30-26-22-18-14-10-6-2/h57-72,85-92,97-98H,5-56,73-76H2,1-4H3/t85-,86-,87-,88-,89?,90?,91?,92?/m0/s1. The Hall–Kier alpha value is -3.80. The summed E-state index contributed by atoms with van der Waals surface area (Å²) in [4.78, 5) is 36.5. The summed E-state index contributed by atoms with van der Waals surface area (Å²) in [6.07, 6.45) is 45.7. The normalized spacial score (nSPS) is 19.4. The van der Waals surface area contributed by atoms with Gasteiger partial charge in [0.15, 0.2) is 0 Å². The number of hydrogen-bond acceptors (Lipinski definition) is 16. The molecule has 4 saturated heterocycles. The van der Waals surface area contributed by atoms with Gasteiger partial charge in [0.05, 0.1) is 43.7 Å². The Labute approximate surface area is 702 Å². The first-order valence-corrected chi connectivity index (χ1v) is 51.9. The van der Waals surface area contributed by atoms with Gasteiger partial charge in [-0.3, -0.25) is 0 Å². The Morgan fingerprint density at radius 1 is 0.259 bits per heavy atom. The Morgan fingerprint density at radius 3 is 0.638 bits per heavy atom. The first-order chi connectivity index (χ1) is 56.3. The molecule has 0 bridgehead atoms.